The highest BCUT2D eigenvalue weighted by molar-refractivity contribution is 5.11. The van der Waals surface area contributed by atoms with E-state index < -0.39 is 0 Å². The van der Waals surface area contributed by atoms with E-state index in [0.717, 1.165) is 6.04 Å². The minimum absolute atomic E-state index is 0.519. The minimum Gasteiger partial charge on any atom is -0.327 e. The molecule has 82 valence electrons. The van der Waals surface area contributed by atoms with Crippen molar-refractivity contribution in [2.45, 2.75) is 58.0 Å². The van der Waals surface area contributed by atoms with Gasteiger partial charge in [0.25, 0.3) is 0 Å². The molecule has 0 aromatic carbocycles. The molecule has 0 aromatic heterocycles. The van der Waals surface area contributed by atoms with E-state index >= 15 is 0 Å². The lowest BCUT2D eigenvalue weighted by atomic mass is 10.1. The van der Waals surface area contributed by atoms with Crippen molar-refractivity contribution in [3.63, 3.8) is 0 Å². The maximum atomic E-state index is 6.00. The van der Waals surface area contributed by atoms with Gasteiger partial charge in [-0.25, -0.2) is 0 Å². The number of nitrogens with two attached hydrogens (primary N) is 1. The summed E-state index contributed by atoms with van der Waals surface area (Å²) in [7, 11) is 0. The Morgan fingerprint density at radius 2 is 2.29 bits per heavy atom. The molecule has 1 saturated carbocycles. The van der Waals surface area contributed by atoms with E-state index in [1.165, 1.54) is 45.2 Å². The number of hydrogen-bond donors (Lipinski definition) is 1. The normalized spacial score (nSPS) is 39.2. The quantitative estimate of drug-likeness (QED) is 0.745. The summed E-state index contributed by atoms with van der Waals surface area (Å²) in [6.07, 6.45) is 6.69. The Labute approximate surface area is 87.8 Å². The molecule has 1 saturated heterocycles. The van der Waals surface area contributed by atoms with Crippen LogP contribution in [0.3, 0.4) is 0 Å². The molecule has 1 aliphatic carbocycles. The van der Waals surface area contributed by atoms with Gasteiger partial charge in [0.15, 0.2) is 0 Å². The summed E-state index contributed by atoms with van der Waals surface area (Å²) in [5, 5.41) is 0. The van der Waals surface area contributed by atoms with Gasteiger partial charge in [-0.3, -0.25) is 0 Å². The topological polar surface area (TPSA) is 29.3 Å². The molecule has 2 aliphatic rings. The molecule has 1 spiro atoms. The van der Waals surface area contributed by atoms with Gasteiger partial charge in [0.2, 0.25) is 0 Å². The molecule has 2 rings (SSSR count). The Bertz CT molecular complexity index is 204. The van der Waals surface area contributed by atoms with Crippen molar-refractivity contribution in [2.75, 3.05) is 13.1 Å². The highest BCUT2D eigenvalue weighted by Crippen LogP contribution is 2.51. The van der Waals surface area contributed by atoms with Crippen LogP contribution in [0, 0.1) is 5.41 Å². The van der Waals surface area contributed by atoms with E-state index in [0.29, 0.717) is 11.5 Å². The highest BCUT2D eigenvalue weighted by atomic mass is 15.2. The first-order chi connectivity index (χ1) is 6.68. The largest absolute Gasteiger partial charge is 0.327 e. The maximum absolute atomic E-state index is 6.00. The standard InChI is InChI=1S/C12H24N2/c1-3-4-5-10(2)14-7-6-12(9-14)8-11(12)13/h10-11H,3-9,13H2,1-2H3. The number of likely N-dealkylation sites (tertiary alicyclic amines) is 1. The molecule has 0 amide bonds. The van der Waals surface area contributed by atoms with Gasteiger partial charge < -0.3 is 10.6 Å². The maximum Gasteiger partial charge on any atom is 0.0115 e. The van der Waals surface area contributed by atoms with Gasteiger partial charge >= 0.3 is 0 Å². The fourth-order valence-corrected chi connectivity index (χ4v) is 2.84. The highest BCUT2D eigenvalue weighted by Gasteiger charge is 2.55. The van der Waals surface area contributed by atoms with Gasteiger partial charge in [0.05, 0.1) is 0 Å². The van der Waals surface area contributed by atoms with Crippen molar-refractivity contribution in [3.05, 3.63) is 0 Å². The van der Waals surface area contributed by atoms with Crippen molar-refractivity contribution in [2.24, 2.45) is 11.1 Å². The lowest BCUT2D eigenvalue weighted by Crippen LogP contribution is -2.32. The predicted molar refractivity (Wildman–Crippen MR) is 60.2 cm³/mol. The summed E-state index contributed by atoms with van der Waals surface area (Å²) < 4.78 is 0. The number of unbranched alkanes of at least 4 members (excludes halogenated alkanes) is 1. The van der Waals surface area contributed by atoms with Crippen LogP contribution in [0.15, 0.2) is 0 Å². The zero-order valence-corrected chi connectivity index (χ0v) is 9.63. The molecule has 2 fully saturated rings. The smallest absolute Gasteiger partial charge is 0.0115 e. The monoisotopic (exact) mass is 196 g/mol. The molecule has 2 N–H and O–H groups in total. The Morgan fingerprint density at radius 3 is 2.79 bits per heavy atom. The van der Waals surface area contributed by atoms with Gasteiger partial charge in [0.1, 0.15) is 0 Å². The third-order valence-corrected chi connectivity index (χ3v) is 4.27. The molecule has 0 radical (unpaired) electrons. The second-order valence-electron chi connectivity index (χ2n) is 5.38. The second-order valence-corrected chi connectivity index (χ2v) is 5.38. The van der Waals surface area contributed by atoms with Gasteiger partial charge in [-0.15, -0.1) is 0 Å². The van der Waals surface area contributed by atoms with Gasteiger partial charge in [-0.2, -0.15) is 0 Å². The van der Waals surface area contributed by atoms with Gasteiger partial charge in [0, 0.05) is 24.0 Å². The summed E-state index contributed by atoms with van der Waals surface area (Å²) in [6, 6.07) is 1.30. The van der Waals surface area contributed by atoms with E-state index in [4.69, 9.17) is 5.73 Å². The van der Waals surface area contributed by atoms with Crippen LogP contribution in [-0.2, 0) is 0 Å². The Balaban J connectivity index is 1.78. The summed E-state index contributed by atoms with van der Waals surface area (Å²) in [6.45, 7) is 7.22. The molecule has 1 heterocycles. The van der Waals surface area contributed by atoms with Crippen LogP contribution < -0.4 is 5.73 Å². The van der Waals surface area contributed by atoms with E-state index in [1.807, 2.05) is 0 Å². The number of hydrogen-bond acceptors (Lipinski definition) is 2. The average Bonchev–Trinajstić information content (AvgIpc) is 2.64. The fourth-order valence-electron chi connectivity index (χ4n) is 2.84. The summed E-state index contributed by atoms with van der Waals surface area (Å²) in [5.41, 5.74) is 6.55. The third-order valence-electron chi connectivity index (χ3n) is 4.27. The summed E-state index contributed by atoms with van der Waals surface area (Å²) in [5.74, 6) is 0. The zero-order chi connectivity index (χ0) is 10.2. The molecular formula is C12H24N2. The number of nitrogens with zero attached hydrogens (tertiary/aromatic N) is 1. The Hall–Kier alpha value is -0.0800. The molecule has 2 heteroatoms. The van der Waals surface area contributed by atoms with Crippen molar-refractivity contribution in [1.82, 2.24) is 4.90 Å². The second kappa shape index (κ2) is 3.82. The van der Waals surface area contributed by atoms with Crippen LogP contribution >= 0.6 is 0 Å². The molecule has 0 bridgehead atoms. The van der Waals surface area contributed by atoms with Crippen LogP contribution in [0.2, 0.25) is 0 Å². The minimum atomic E-state index is 0.519. The van der Waals surface area contributed by atoms with Crippen molar-refractivity contribution in [3.8, 4) is 0 Å². The lowest BCUT2D eigenvalue weighted by molar-refractivity contribution is 0.230. The number of rotatable bonds is 4. The average molecular weight is 196 g/mol. The molecule has 3 atom stereocenters. The van der Waals surface area contributed by atoms with E-state index in [9.17, 15) is 0 Å². The third kappa shape index (κ3) is 1.82. The van der Waals surface area contributed by atoms with Gasteiger partial charge in [-0.1, -0.05) is 19.8 Å². The molecule has 0 aromatic rings. The Kier molecular flexibility index (Phi) is 2.85. The van der Waals surface area contributed by atoms with E-state index in [2.05, 4.69) is 18.7 Å². The molecule has 3 unspecified atom stereocenters. The van der Waals surface area contributed by atoms with Crippen molar-refractivity contribution < 1.29 is 0 Å². The lowest BCUT2D eigenvalue weighted by Gasteiger charge is -2.24. The summed E-state index contributed by atoms with van der Waals surface area (Å²) in [4.78, 5) is 2.66. The first kappa shape index (κ1) is 10.4. The van der Waals surface area contributed by atoms with Crippen molar-refractivity contribution >= 4 is 0 Å². The van der Waals surface area contributed by atoms with E-state index in [-0.39, 0.29) is 0 Å². The predicted octanol–water partition coefficient (Wildman–Crippen LogP) is 1.99. The SMILES string of the molecule is CCCCC(C)N1CCC2(CC2N)C1. The van der Waals surface area contributed by atoms with E-state index in [1.54, 1.807) is 0 Å². The Morgan fingerprint density at radius 1 is 1.57 bits per heavy atom. The summed E-state index contributed by atoms with van der Waals surface area (Å²) >= 11 is 0. The van der Waals surface area contributed by atoms with Gasteiger partial charge in [-0.05, 0) is 32.7 Å². The molecular weight excluding hydrogens is 172 g/mol. The molecule has 1 aliphatic heterocycles. The molecule has 2 nitrogen and oxygen atoms in total. The fraction of sp³-hybridized carbons (Fsp3) is 1.00. The van der Waals surface area contributed by atoms with Crippen LogP contribution in [0.5, 0.6) is 0 Å². The van der Waals surface area contributed by atoms with Crippen LogP contribution in [0.1, 0.15) is 46.0 Å². The zero-order valence-electron chi connectivity index (χ0n) is 9.63. The van der Waals surface area contributed by atoms with Crippen LogP contribution in [-0.4, -0.2) is 30.1 Å². The van der Waals surface area contributed by atoms with Crippen molar-refractivity contribution in [1.29, 1.82) is 0 Å². The first-order valence-electron chi connectivity index (χ1n) is 6.17. The molecule has 14 heavy (non-hydrogen) atoms. The van der Waals surface area contributed by atoms with Crippen LogP contribution in [0.25, 0.3) is 0 Å². The first-order valence-corrected chi connectivity index (χ1v) is 6.17. The van der Waals surface area contributed by atoms with Crippen LogP contribution in [0.4, 0.5) is 0 Å².